The van der Waals surface area contributed by atoms with Gasteiger partial charge in [-0.3, -0.25) is 24.2 Å². The fraction of sp³-hybridized carbons (Fsp3) is 0.500. The second-order valence-electron chi connectivity index (χ2n) is 7.39. The zero-order valence-corrected chi connectivity index (χ0v) is 16.7. The molecule has 10 nitrogen and oxygen atoms in total. The van der Waals surface area contributed by atoms with E-state index < -0.39 is 45.5 Å². The quantitative estimate of drug-likeness (QED) is 0.638. The highest BCUT2D eigenvalue weighted by Gasteiger charge is 2.55. The van der Waals surface area contributed by atoms with Crippen molar-refractivity contribution in [2.24, 2.45) is 11.7 Å². The van der Waals surface area contributed by atoms with Gasteiger partial charge in [0.2, 0.25) is 11.8 Å². The molecule has 2 fully saturated rings. The van der Waals surface area contributed by atoms with E-state index in [2.05, 4.69) is 4.98 Å². The van der Waals surface area contributed by atoms with Gasteiger partial charge in [0.1, 0.15) is 11.7 Å². The number of primary amides is 1. The molecule has 3 atom stereocenters. The van der Waals surface area contributed by atoms with Crippen molar-refractivity contribution in [3.05, 3.63) is 30.1 Å². The van der Waals surface area contributed by atoms with Gasteiger partial charge in [0.05, 0.1) is 12.6 Å². The number of fused-ring (bicyclic) bond motifs is 1. The van der Waals surface area contributed by atoms with Gasteiger partial charge in [0, 0.05) is 25.6 Å². The van der Waals surface area contributed by atoms with Crippen molar-refractivity contribution < 1.29 is 27.6 Å². The van der Waals surface area contributed by atoms with Crippen LogP contribution in [0.5, 0.6) is 0 Å². The van der Waals surface area contributed by atoms with Crippen molar-refractivity contribution in [2.75, 3.05) is 13.1 Å². The lowest BCUT2D eigenvalue weighted by Gasteiger charge is -2.24. The molecule has 2 N–H and O–H groups in total. The molecule has 0 aromatic carbocycles. The maximum atomic E-state index is 12.8. The lowest BCUT2D eigenvalue weighted by Crippen LogP contribution is -2.45. The summed E-state index contributed by atoms with van der Waals surface area (Å²) in [4.78, 5) is 53.8. The summed E-state index contributed by atoms with van der Waals surface area (Å²) in [5.74, 6) is -1.58. The highest BCUT2D eigenvalue weighted by molar-refractivity contribution is 8.04. The second kappa shape index (κ2) is 7.99. The van der Waals surface area contributed by atoms with E-state index in [1.54, 1.807) is 13.0 Å². The Morgan fingerprint density at radius 2 is 2.00 bits per heavy atom. The lowest BCUT2D eigenvalue weighted by atomic mass is 10.0. The number of amides is 2. The Balaban J connectivity index is 1.77. The number of sulfonamides is 1. The number of rotatable bonds is 6. The van der Waals surface area contributed by atoms with Gasteiger partial charge >= 0.3 is 5.12 Å². The summed E-state index contributed by atoms with van der Waals surface area (Å²) in [5, 5.41) is -1.17. The van der Waals surface area contributed by atoms with E-state index in [0.717, 1.165) is 4.31 Å². The van der Waals surface area contributed by atoms with Crippen LogP contribution in [0.25, 0.3) is 0 Å². The number of Topliss-reactive ketones (excluding diaryl/α,β-unsaturated/α-hetero) is 1. The minimum absolute atomic E-state index is 0.0268. The van der Waals surface area contributed by atoms with Gasteiger partial charge in [-0.05, 0) is 24.5 Å². The van der Waals surface area contributed by atoms with Crippen molar-refractivity contribution in [1.29, 1.82) is 0 Å². The van der Waals surface area contributed by atoms with Crippen LogP contribution in [0.3, 0.4) is 0 Å². The average molecular weight is 422 g/mol. The van der Waals surface area contributed by atoms with Gasteiger partial charge in [-0.15, -0.1) is 0 Å². The largest absolute Gasteiger partial charge is 0.370 e. The summed E-state index contributed by atoms with van der Waals surface area (Å²) in [6.45, 7) is 1.44. The van der Waals surface area contributed by atoms with E-state index in [1.807, 2.05) is 0 Å². The molecule has 2 amide bonds. The van der Waals surface area contributed by atoms with Crippen molar-refractivity contribution in [3.63, 3.8) is 0 Å². The van der Waals surface area contributed by atoms with Crippen LogP contribution in [0.15, 0.2) is 24.4 Å². The minimum atomic E-state index is -4.45. The van der Waals surface area contributed by atoms with Gasteiger partial charge in [0.15, 0.2) is 5.78 Å². The Morgan fingerprint density at radius 1 is 1.28 bits per heavy atom. The number of carbonyl (C=O) groups is 4. The molecule has 2 aliphatic rings. The molecule has 0 saturated carbocycles. The molecular formula is C18H22N4O6S. The molecular weight excluding hydrogens is 400 g/mol. The summed E-state index contributed by atoms with van der Waals surface area (Å²) in [7, 11) is -4.45. The topological polar surface area (TPSA) is 148 Å². The fourth-order valence-corrected chi connectivity index (χ4v) is 5.40. The van der Waals surface area contributed by atoms with Crippen LogP contribution < -0.4 is 5.73 Å². The molecule has 2 saturated heterocycles. The van der Waals surface area contributed by atoms with E-state index in [1.165, 1.54) is 23.2 Å². The molecule has 3 rings (SSSR count). The Bertz CT molecular complexity index is 948. The Kier molecular flexibility index (Phi) is 5.80. The van der Waals surface area contributed by atoms with Crippen LogP contribution in [0.2, 0.25) is 0 Å². The van der Waals surface area contributed by atoms with Gasteiger partial charge in [-0.1, -0.05) is 13.0 Å². The van der Waals surface area contributed by atoms with Crippen LogP contribution in [0.4, 0.5) is 0 Å². The van der Waals surface area contributed by atoms with Crippen molar-refractivity contribution in [3.8, 4) is 0 Å². The Morgan fingerprint density at radius 3 is 2.62 bits per heavy atom. The van der Waals surface area contributed by atoms with Crippen LogP contribution in [0.1, 0.15) is 36.7 Å². The Hall–Kier alpha value is -2.66. The minimum Gasteiger partial charge on any atom is -0.370 e. The number of pyridine rings is 1. The molecule has 0 bridgehead atoms. The third-order valence-electron chi connectivity index (χ3n) is 5.19. The first kappa shape index (κ1) is 21.1. The second-order valence-corrected chi connectivity index (χ2v) is 9.18. The monoisotopic (exact) mass is 422 g/mol. The molecule has 3 heterocycles. The first-order chi connectivity index (χ1) is 13.6. The summed E-state index contributed by atoms with van der Waals surface area (Å²) in [6, 6.07) is 2.64. The summed E-state index contributed by atoms with van der Waals surface area (Å²) in [5.41, 5.74) is 4.92. The van der Waals surface area contributed by atoms with E-state index in [0.29, 0.717) is 0 Å². The zero-order chi connectivity index (χ0) is 21.3. The lowest BCUT2D eigenvalue weighted by molar-refractivity contribution is -0.137. The van der Waals surface area contributed by atoms with Crippen LogP contribution >= 0.6 is 0 Å². The normalized spacial score (nSPS) is 23.1. The predicted octanol–water partition coefficient (Wildman–Crippen LogP) is -0.693. The van der Waals surface area contributed by atoms with Gasteiger partial charge in [-0.2, -0.15) is 4.31 Å². The van der Waals surface area contributed by atoms with E-state index >= 15 is 0 Å². The van der Waals surface area contributed by atoms with Gasteiger partial charge < -0.3 is 10.6 Å². The summed E-state index contributed by atoms with van der Waals surface area (Å²) >= 11 is 0. The van der Waals surface area contributed by atoms with E-state index in [9.17, 15) is 27.6 Å². The number of aromatic nitrogens is 1. The predicted molar refractivity (Wildman–Crippen MR) is 101 cm³/mol. The molecule has 11 heteroatoms. The van der Waals surface area contributed by atoms with Crippen molar-refractivity contribution in [1.82, 2.24) is 14.2 Å². The van der Waals surface area contributed by atoms with Crippen LogP contribution in [0, 0.1) is 5.92 Å². The van der Waals surface area contributed by atoms with Crippen molar-refractivity contribution in [2.45, 2.75) is 38.3 Å². The fourth-order valence-electron chi connectivity index (χ4n) is 3.93. The number of nitrogens with two attached hydrogens (primary N) is 1. The van der Waals surface area contributed by atoms with E-state index in [-0.39, 0.29) is 43.3 Å². The first-order valence-electron chi connectivity index (χ1n) is 9.20. The number of hydrogen-bond acceptors (Lipinski definition) is 7. The molecule has 2 aliphatic heterocycles. The third-order valence-corrected chi connectivity index (χ3v) is 6.88. The molecule has 0 spiro atoms. The number of ketones is 1. The van der Waals surface area contributed by atoms with Crippen LogP contribution in [-0.2, 0) is 24.4 Å². The van der Waals surface area contributed by atoms with Crippen molar-refractivity contribution >= 4 is 32.7 Å². The first-order valence-corrected chi connectivity index (χ1v) is 10.6. The van der Waals surface area contributed by atoms with Crippen LogP contribution in [-0.4, -0.2) is 70.5 Å². The SMILES string of the molecule is CC(CC(N)=O)CC(=O)N1CCC2C1C(=O)CN2S(=O)(=O)C(=O)c1ccccn1. The average Bonchev–Trinajstić information content (AvgIpc) is 3.22. The molecule has 29 heavy (non-hydrogen) atoms. The zero-order valence-electron chi connectivity index (χ0n) is 15.9. The third kappa shape index (κ3) is 4.06. The molecule has 1 aromatic rings. The number of hydrogen-bond donors (Lipinski definition) is 1. The molecule has 156 valence electrons. The van der Waals surface area contributed by atoms with Gasteiger partial charge in [0.25, 0.3) is 10.0 Å². The number of nitrogens with zero attached hydrogens (tertiary/aromatic N) is 3. The Labute approximate surface area is 168 Å². The highest BCUT2D eigenvalue weighted by atomic mass is 32.2. The standard InChI is InChI=1S/C18H22N4O6S/c1-11(8-15(19)24)9-16(25)21-7-5-13-17(21)14(23)10-22(13)29(27,28)18(26)12-4-2-3-6-20-12/h2-4,6,11,13,17H,5,7-10H2,1H3,(H2,19,24). The smallest absolute Gasteiger partial charge is 0.310 e. The highest BCUT2D eigenvalue weighted by Crippen LogP contribution is 2.33. The molecule has 0 aliphatic carbocycles. The van der Waals surface area contributed by atoms with Gasteiger partial charge in [-0.25, -0.2) is 8.42 Å². The summed E-state index contributed by atoms with van der Waals surface area (Å²) in [6.07, 6.45) is 1.63. The maximum Gasteiger partial charge on any atom is 0.310 e. The molecule has 0 radical (unpaired) electrons. The number of likely N-dealkylation sites (tertiary alicyclic amines) is 1. The molecule has 1 aromatic heterocycles. The summed E-state index contributed by atoms with van der Waals surface area (Å²) < 4.78 is 26.5. The van der Waals surface area contributed by atoms with E-state index in [4.69, 9.17) is 5.73 Å². The maximum absolute atomic E-state index is 12.8. The number of carbonyl (C=O) groups excluding carboxylic acids is 4. The molecule has 3 unspecified atom stereocenters.